The topological polar surface area (TPSA) is 228 Å². The second-order valence-electron chi connectivity index (χ2n) is 21.5. The number of benzene rings is 2. The van der Waals surface area contributed by atoms with E-state index in [0.717, 1.165) is 9.13 Å². The number of amides is 2. The highest BCUT2D eigenvalue weighted by Gasteiger charge is 2.41. The van der Waals surface area contributed by atoms with Crippen LogP contribution in [-0.2, 0) is 43.3 Å². The molecular formula is C57H58F6N10O9S2. The SMILES string of the molecule is Cc1c(OCC(F)(F)F)ccnc1C[S+]([O-])c1nc2ccccc2n1C(=O)N(C)c1ncccc1C(OC(=O)OC(c1cccnc1N(C)C(=O)n1c([S+]([O-])Cc2nccc(OCC(F)(F)F)c2C)nc2ccccc21)C(C)(C)C)C(C)(C)C. The Morgan fingerprint density at radius 1 is 0.548 bits per heavy atom. The van der Waals surface area contributed by atoms with Crippen LogP contribution in [-0.4, -0.2) is 106 Å². The van der Waals surface area contributed by atoms with Crippen LogP contribution in [0.1, 0.15) is 87.4 Å². The number of fused-ring (bicyclic) bond motifs is 2. The molecule has 0 saturated heterocycles. The van der Waals surface area contributed by atoms with E-state index in [9.17, 15) is 49.8 Å². The molecule has 8 rings (SSSR count). The lowest BCUT2D eigenvalue weighted by molar-refractivity contribution is -0.154. The predicted octanol–water partition coefficient (Wildman–Crippen LogP) is 12.3. The van der Waals surface area contributed by atoms with Crippen molar-refractivity contribution >= 4 is 74.3 Å². The Labute approximate surface area is 484 Å². The van der Waals surface area contributed by atoms with Gasteiger partial charge in [0.25, 0.3) is 0 Å². The Hall–Kier alpha value is -8.01. The Kier molecular flexibility index (Phi) is 18.2. The van der Waals surface area contributed by atoms with Crippen LogP contribution in [0, 0.1) is 24.7 Å². The molecule has 19 nitrogen and oxygen atoms in total. The maximum Gasteiger partial charge on any atom is 0.509 e. The molecule has 8 aromatic rings. The first-order valence-corrected chi connectivity index (χ1v) is 28.4. The van der Waals surface area contributed by atoms with Crippen molar-refractivity contribution in [3.63, 3.8) is 0 Å². The predicted molar refractivity (Wildman–Crippen MR) is 300 cm³/mol. The van der Waals surface area contributed by atoms with Crippen LogP contribution in [0.5, 0.6) is 11.5 Å². The van der Waals surface area contributed by atoms with Crippen molar-refractivity contribution in [3.05, 3.63) is 143 Å². The average molecular weight is 1210 g/mol. The fourth-order valence-corrected chi connectivity index (χ4v) is 11.5. The zero-order valence-electron chi connectivity index (χ0n) is 47.1. The highest BCUT2D eigenvalue weighted by Crippen LogP contribution is 2.44. The number of rotatable bonds is 16. The molecular weight excluding hydrogens is 1150 g/mol. The summed E-state index contributed by atoms with van der Waals surface area (Å²) in [5, 5.41) is -0.393. The summed E-state index contributed by atoms with van der Waals surface area (Å²) in [6, 6.07) is 20.5. The van der Waals surface area contributed by atoms with Crippen molar-refractivity contribution in [2.45, 2.75) is 102 Å². The quantitative estimate of drug-likeness (QED) is 0.0498. The van der Waals surface area contributed by atoms with E-state index in [1.54, 1.807) is 114 Å². The van der Waals surface area contributed by atoms with Crippen molar-refractivity contribution < 1.29 is 68.8 Å². The molecule has 2 aromatic carbocycles. The summed E-state index contributed by atoms with van der Waals surface area (Å²) < 4.78 is 132. The van der Waals surface area contributed by atoms with Gasteiger partial charge >= 0.3 is 40.9 Å². The van der Waals surface area contributed by atoms with Crippen LogP contribution in [0.25, 0.3) is 22.1 Å². The van der Waals surface area contributed by atoms with Crippen molar-refractivity contribution in [1.29, 1.82) is 0 Å². The zero-order chi connectivity index (χ0) is 61.2. The molecule has 27 heteroatoms. The molecule has 0 aliphatic carbocycles. The lowest BCUT2D eigenvalue weighted by atomic mass is 9.84. The summed E-state index contributed by atoms with van der Waals surface area (Å²) in [7, 11) is 2.84. The molecule has 4 unspecified atom stereocenters. The van der Waals surface area contributed by atoms with Crippen LogP contribution in [0.2, 0.25) is 0 Å². The molecule has 4 atom stereocenters. The molecule has 6 heterocycles. The van der Waals surface area contributed by atoms with Gasteiger partial charge in [-0.25, -0.2) is 33.5 Å². The Morgan fingerprint density at radius 3 is 1.27 bits per heavy atom. The number of imidazole rings is 2. The second-order valence-corrected chi connectivity index (χ2v) is 24.2. The summed E-state index contributed by atoms with van der Waals surface area (Å²) >= 11 is -4.26. The van der Waals surface area contributed by atoms with Crippen LogP contribution in [0.4, 0.5) is 52.4 Å². The number of nitrogens with zero attached hydrogens (tertiary/aromatic N) is 10. The van der Waals surface area contributed by atoms with E-state index in [1.165, 1.54) is 74.7 Å². The van der Waals surface area contributed by atoms with E-state index in [2.05, 4.69) is 29.9 Å². The summed E-state index contributed by atoms with van der Waals surface area (Å²) in [4.78, 5) is 73.5. The monoisotopic (exact) mass is 1200 g/mol. The smallest absolute Gasteiger partial charge is 0.509 e. The van der Waals surface area contributed by atoms with Crippen LogP contribution >= 0.6 is 0 Å². The van der Waals surface area contributed by atoms with Gasteiger partial charge in [0.15, 0.2) is 24.7 Å². The third-order valence-corrected chi connectivity index (χ3v) is 15.5. The van der Waals surface area contributed by atoms with Crippen LogP contribution in [0.15, 0.2) is 120 Å². The largest absolute Gasteiger partial charge is 0.609 e. The first-order chi connectivity index (χ1) is 39.4. The molecule has 0 N–H and O–H groups in total. The maximum atomic E-state index is 14.9. The summed E-state index contributed by atoms with van der Waals surface area (Å²) in [5.74, 6) is -0.870. The molecule has 444 valence electrons. The number of aromatic nitrogens is 8. The molecule has 0 bridgehead atoms. The van der Waals surface area contributed by atoms with Gasteiger partial charge < -0.3 is 28.1 Å². The van der Waals surface area contributed by atoms with Gasteiger partial charge in [-0.3, -0.25) is 19.8 Å². The van der Waals surface area contributed by atoms with Crippen molar-refractivity contribution in [2.24, 2.45) is 10.8 Å². The summed E-state index contributed by atoms with van der Waals surface area (Å²) in [6.45, 7) is 10.6. The summed E-state index contributed by atoms with van der Waals surface area (Å²) in [6.07, 6.45) is -7.43. The van der Waals surface area contributed by atoms with Gasteiger partial charge in [-0.2, -0.15) is 36.3 Å². The number of carbonyl (C=O) groups is 3. The van der Waals surface area contributed by atoms with Gasteiger partial charge in [0, 0.05) is 94.3 Å². The van der Waals surface area contributed by atoms with E-state index < -0.39 is 89.2 Å². The number of halogens is 6. The van der Waals surface area contributed by atoms with Gasteiger partial charge in [-0.1, -0.05) is 77.9 Å². The van der Waals surface area contributed by atoms with E-state index in [1.807, 2.05) is 0 Å². The minimum absolute atomic E-state index is 0.0287. The lowest BCUT2D eigenvalue weighted by Gasteiger charge is -2.35. The number of alkyl halides is 6. The zero-order valence-corrected chi connectivity index (χ0v) is 48.7. The highest BCUT2D eigenvalue weighted by molar-refractivity contribution is 7.90. The van der Waals surface area contributed by atoms with Crippen molar-refractivity contribution in [3.8, 4) is 11.5 Å². The van der Waals surface area contributed by atoms with Crippen molar-refractivity contribution in [2.75, 3.05) is 37.1 Å². The minimum atomic E-state index is -4.61. The summed E-state index contributed by atoms with van der Waals surface area (Å²) in [5.41, 5.74) is 0.535. The average Bonchev–Trinajstić information content (AvgIpc) is 3.23. The Morgan fingerprint density at radius 2 is 0.917 bits per heavy atom. The number of hydrogen-bond acceptors (Lipinski definition) is 15. The number of para-hydroxylation sites is 4. The molecule has 0 aliphatic heterocycles. The molecule has 0 aliphatic rings. The number of ether oxygens (including phenoxy) is 4. The van der Waals surface area contributed by atoms with Gasteiger partial charge in [0.1, 0.15) is 35.3 Å². The van der Waals surface area contributed by atoms with E-state index >= 15 is 0 Å². The standard InChI is InChI=1S/C57H58F6N10O9S2/c1-33-39(64-27-23-43(33)79-31-56(58,59)60)29-83(77)49-68-37-19-11-13-21-41(37)72(49)51(74)70(9)47-35(17-15-25-66-47)45(54(3,4)5)81-53(76)82-46(55(6,7)8)36-18-16-26-67-48(36)71(10)52(75)73-42-22-14-12-20-38(42)69-50(73)84(78)30-40-34(2)44(24-28-65-40)80-32-57(61,62)63/h11-28,45-46H,29-32H2,1-10H3. The highest BCUT2D eigenvalue weighted by atomic mass is 32.2. The number of anilines is 2. The molecule has 6 aromatic heterocycles. The molecule has 0 radical (unpaired) electrons. The molecule has 0 fully saturated rings. The van der Waals surface area contributed by atoms with Gasteiger partial charge in [0.05, 0.1) is 33.5 Å². The van der Waals surface area contributed by atoms with E-state index in [4.69, 9.17) is 18.9 Å². The first-order valence-electron chi connectivity index (χ1n) is 25.8. The van der Waals surface area contributed by atoms with Gasteiger partial charge in [-0.15, -0.1) is 0 Å². The van der Waals surface area contributed by atoms with Crippen LogP contribution in [0.3, 0.4) is 0 Å². The number of hydrogen-bond donors (Lipinski definition) is 0. The van der Waals surface area contributed by atoms with E-state index in [0.29, 0.717) is 11.0 Å². The molecule has 0 spiro atoms. The molecule has 84 heavy (non-hydrogen) atoms. The number of carbonyl (C=O) groups excluding carboxylic acids is 3. The Balaban J connectivity index is 1.06. The van der Waals surface area contributed by atoms with E-state index in [-0.39, 0.29) is 89.6 Å². The fourth-order valence-electron chi connectivity index (χ4n) is 9.00. The Bertz CT molecular complexity index is 3480. The normalized spacial score (nSPS) is 13.7. The van der Waals surface area contributed by atoms with Gasteiger partial charge in [-0.05, 0) is 62.4 Å². The fraction of sp³-hybridized carbons (Fsp3) is 0.351. The minimum Gasteiger partial charge on any atom is -0.609 e. The van der Waals surface area contributed by atoms with Crippen molar-refractivity contribution in [1.82, 2.24) is 39.0 Å². The third-order valence-electron chi connectivity index (χ3n) is 13.1. The van der Waals surface area contributed by atoms with Crippen LogP contribution < -0.4 is 19.3 Å². The molecule has 0 saturated carbocycles. The second kappa shape index (κ2) is 24.7. The lowest BCUT2D eigenvalue weighted by Crippen LogP contribution is -2.36. The first kappa shape index (κ1) is 62.0. The maximum absolute atomic E-state index is 14.9. The third kappa shape index (κ3) is 14.0. The number of pyridine rings is 4. The van der Waals surface area contributed by atoms with Gasteiger partial charge in [0.2, 0.25) is 0 Å². The molecule has 2 amide bonds.